The number of anilines is 1. The van der Waals surface area contributed by atoms with Crippen molar-refractivity contribution in [1.82, 2.24) is 4.90 Å². The molecule has 212 valence electrons. The zero-order valence-corrected chi connectivity index (χ0v) is 23.4. The molecule has 0 radical (unpaired) electrons. The topological polar surface area (TPSA) is 107 Å². The highest BCUT2D eigenvalue weighted by Gasteiger charge is 2.33. The van der Waals surface area contributed by atoms with E-state index >= 15 is 0 Å². The van der Waals surface area contributed by atoms with Gasteiger partial charge in [-0.25, -0.2) is 4.39 Å². The third-order valence-electron chi connectivity index (χ3n) is 7.98. The number of hydrogen-bond acceptors (Lipinski definition) is 4. The number of nitrogens with zero attached hydrogens (tertiary/aromatic N) is 2. The lowest BCUT2D eigenvalue weighted by Crippen LogP contribution is -2.40. The molecular weight excluding hydrogens is 529 g/mol. The molecule has 1 amide bonds. The molecule has 4 N–H and O–H groups in total. The van der Waals surface area contributed by atoms with Crippen molar-refractivity contribution in [3.63, 3.8) is 0 Å². The molecule has 2 aliphatic rings. The summed E-state index contributed by atoms with van der Waals surface area (Å²) in [5.74, 6) is 0.807. The van der Waals surface area contributed by atoms with Gasteiger partial charge in [0, 0.05) is 42.6 Å². The number of amidine groups is 2. The van der Waals surface area contributed by atoms with Crippen LogP contribution in [-0.2, 0) is 11.3 Å². The summed E-state index contributed by atoms with van der Waals surface area (Å²) in [6.07, 6.45) is 3.48. The zero-order chi connectivity index (χ0) is 29.4. The second-order valence-electron chi connectivity index (χ2n) is 10.9. The van der Waals surface area contributed by atoms with E-state index in [-0.39, 0.29) is 23.7 Å². The fraction of sp³-hybridized carbons (Fsp3) is 0.206. The molecule has 4 aromatic carbocycles. The average molecular weight is 562 g/mol. The summed E-state index contributed by atoms with van der Waals surface area (Å²) < 4.78 is 20.0. The smallest absolute Gasteiger partial charge is 0.259 e. The number of hydrogen-bond donors (Lipinski definition) is 3. The minimum absolute atomic E-state index is 0.00920. The predicted octanol–water partition coefficient (Wildman–Crippen LogP) is 6.19. The van der Waals surface area contributed by atoms with Crippen LogP contribution < -0.4 is 15.4 Å². The van der Waals surface area contributed by atoms with E-state index in [4.69, 9.17) is 21.3 Å². The van der Waals surface area contributed by atoms with Crippen molar-refractivity contribution in [3.05, 3.63) is 107 Å². The van der Waals surface area contributed by atoms with E-state index in [1.165, 1.54) is 12.1 Å². The van der Waals surface area contributed by atoms with Crippen molar-refractivity contribution in [1.29, 1.82) is 10.8 Å². The standard InChI is InChI=1S/C34H32FN5O2/c1-21(36)39-14-12-28(13-15-39)42-29-10-11-32-30(19-29)31(17-22-3-8-27(35)9-4-22)34(41)40(32)20-23-2-5-24-6-7-25(33(37)38)18-26(24)16-23/h2-11,16-19,28,36H,12-15,20H2,1H3,(H3,37,38). The van der Waals surface area contributed by atoms with Crippen molar-refractivity contribution in [2.75, 3.05) is 18.0 Å². The predicted molar refractivity (Wildman–Crippen MR) is 165 cm³/mol. The SMILES string of the molecule is CC(=N)N1CCC(Oc2ccc3c(c2)C(=Cc2ccc(F)cc2)C(=O)N3Cc2ccc3ccc(C(=N)N)cc3c2)CC1. The Balaban J connectivity index is 1.32. The Bertz CT molecular complexity index is 1740. The quantitative estimate of drug-likeness (QED) is 0.148. The summed E-state index contributed by atoms with van der Waals surface area (Å²) in [7, 11) is 0. The van der Waals surface area contributed by atoms with Gasteiger partial charge in [0.05, 0.1) is 18.1 Å². The van der Waals surface area contributed by atoms with Crippen LogP contribution in [0, 0.1) is 16.6 Å². The molecule has 4 aromatic rings. The molecule has 0 unspecified atom stereocenters. The molecule has 0 bridgehead atoms. The van der Waals surface area contributed by atoms with Gasteiger partial charge in [-0.15, -0.1) is 0 Å². The Labute approximate surface area is 244 Å². The number of halogens is 1. The van der Waals surface area contributed by atoms with E-state index in [0.717, 1.165) is 59.1 Å². The van der Waals surface area contributed by atoms with Crippen LogP contribution >= 0.6 is 0 Å². The average Bonchev–Trinajstić information content (AvgIpc) is 3.23. The Hall–Kier alpha value is -4.98. The summed E-state index contributed by atoms with van der Waals surface area (Å²) in [4.78, 5) is 17.7. The zero-order valence-electron chi connectivity index (χ0n) is 23.4. The number of nitrogen functional groups attached to an aromatic ring is 1. The van der Waals surface area contributed by atoms with Crippen molar-refractivity contribution >= 4 is 45.7 Å². The minimum Gasteiger partial charge on any atom is -0.490 e. The lowest BCUT2D eigenvalue weighted by Gasteiger charge is -2.32. The van der Waals surface area contributed by atoms with Crippen molar-refractivity contribution < 1.29 is 13.9 Å². The van der Waals surface area contributed by atoms with Gasteiger partial charge in [0.25, 0.3) is 5.91 Å². The maximum atomic E-state index is 13.9. The Morgan fingerprint density at radius 3 is 2.43 bits per heavy atom. The van der Waals surface area contributed by atoms with Gasteiger partial charge in [-0.3, -0.25) is 15.6 Å². The Morgan fingerprint density at radius 2 is 1.71 bits per heavy atom. The molecular formula is C34H32FN5O2. The molecule has 42 heavy (non-hydrogen) atoms. The van der Waals surface area contributed by atoms with Crippen LogP contribution in [-0.4, -0.2) is 41.7 Å². The van der Waals surface area contributed by atoms with E-state index in [1.54, 1.807) is 30.0 Å². The number of benzene rings is 4. The molecule has 7 nitrogen and oxygen atoms in total. The van der Waals surface area contributed by atoms with Crippen LogP contribution in [0.25, 0.3) is 22.4 Å². The largest absolute Gasteiger partial charge is 0.490 e. The van der Waals surface area contributed by atoms with Crippen molar-refractivity contribution in [2.45, 2.75) is 32.4 Å². The first-order chi connectivity index (χ1) is 20.2. The Kier molecular flexibility index (Phi) is 7.20. The molecule has 0 aliphatic carbocycles. The number of ether oxygens (including phenoxy) is 1. The van der Waals surface area contributed by atoms with Crippen LogP contribution in [0.2, 0.25) is 0 Å². The van der Waals surface area contributed by atoms with Crippen LogP contribution in [0.15, 0.2) is 78.9 Å². The maximum Gasteiger partial charge on any atom is 0.259 e. The fourth-order valence-corrected chi connectivity index (χ4v) is 5.68. The van der Waals surface area contributed by atoms with Gasteiger partial charge in [-0.2, -0.15) is 0 Å². The summed E-state index contributed by atoms with van der Waals surface area (Å²) in [6.45, 7) is 3.73. The first kappa shape index (κ1) is 27.2. The monoisotopic (exact) mass is 561 g/mol. The van der Waals surface area contributed by atoms with Gasteiger partial charge >= 0.3 is 0 Å². The third-order valence-corrected chi connectivity index (χ3v) is 7.98. The second kappa shape index (κ2) is 11.1. The Morgan fingerprint density at radius 1 is 0.976 bits per heavy atom. The highest BCUT2D eigenvalue weighted by Crippen LogP contribution is 2.41. The molecule has 2 aliphatic heterocycles. The van der Waals surface area contributed by atoms with E-state index in [2.05, 4.69) is 4.90 Å². The third kappa shape index (κ3) is 5.48. The van der Waals surface area contributed by atoms with E-state index < -0.39 is 0 Å². The van der Waals surface area contributed by atoms with Crippen LogP contribution in [0.5, 0.6) is 5.75 Å². The number of rotatable bonds is 6. The lowest BCUT2D eigenvalue weighted by molar-refractivity contribution is -0.113. The van der Waals surface area contributed by atoms with Crippen LogP contribution in [0.1, 0.15) is 42.0 Å². The molecule has 1 saturated heterocycles. The number of piperidine rings is 1. The van der Waals surface area contributed by atoms with Gasteiger partial charge in [-0.05, 0) is 77.4 Å². The van der Waals surface area contributed by atoms with Gasteiger partial charge < -0.3 is 20.3 Å². The van der Waals surface area contributed by atoms with Crippen molar-refractivity contribution in [3.8, 4) is 5.75 Å². The van der Waals surface area contributed by atoms with Crippen molar-refractivity contribution in [2.24, 2.45) is 5.73 Å². The van der Waals surface area contributed by atoms with Gasteiger partial charge in [0.15, 0.2) is 0 Å². The molecule has 0 spiro atoms. The highest BCUT2D eigenvalue weighted by atomic mass is 19.1. The maximum absolute atomic E-state index is 13.9. The first-order valence-corrected chi connectivity index (χ1v) is 14.0. The molecule has 1 fully saturated rings. The molecule has 0 aromatic heterocycles. The summed E-state index contributed by atoms with van der Waals surface area (Å²) in [5.41, 5.74) is 10.1. The summed E-state index contributed by atoms with van der Waals surface area (Å²) >= 11 is 0. The van der Waals surface area contributed by atoms with E-state index in [9.17, 15) is 9.18 Å². The molecule has 6 rings (SSSR count). The highest BCUT2D eigenvalue weighted by molar-refractivity contribution is 6.35. The van der Waals surface area contributed by atoms with E-state index in [1.807, 2.05) is 54.6 Å². The number of carbonyl (C=O) groups excluding carboxylic acids is 1. The summed E-state index contributed by atoms with van der Waals surface area (Å²) in [5, 5.41) is 17.6. The number of nitrogens with two attached hydrogens (primary N) is 1. The fourth-order valence-electron chi connectivity index (χ4n) is 5.68. The molecule has 2 heterocycles. The number of nitrogens with one attached hydrogen (secondary N) is 2. The van der Waals surface area contributed by atoms with Crippen LogP contribution in [0.4, 0.5) is 10.1 Å². The number of amides is 1. The lowest BCUT2D eigenvalue weighted by atomic mass is 10.0. The number of fused-ring (bicyclic) bond motifs is 2. The number of likely N-dealkylation sites (tertiary alicyclic amines) is 1. The molecule has 8 heteroatoms. The molecule has 0 atom stereocenters. The minimum atomic E-state index is -0.332. The first-order valence-electron chi connectivity index (χ1n) is 14.0. The van der Waals surface area contributed by atoms with Gasteiger partial charge in [0.1, 0.15) is 23.5 Å². The van der Waals surface area contributed by atoms with E-state index in [0.29, 0.717) is 29.3 Å². The normalized spacial score (nSPS) is 16.2. The van der Waals surface area contributed by atoms with Gasteiger partial charge in [-0.1, -0.05) is 36.4 Å². The summed E-state index contributed by atoms with van der Waals surface area (Å²) in [6, 6.07) is 23.5. The second-order valence-corrected chi connectivity index (χ2v) is 10.9. The van der Waals surface area contributed by atoms with Crippen LogP contribution in [0.3, 0.4) is 0 Å². The van der Waals surface area contributed by atoms with Gasteiger partial charge in [0.2, 0.25) is 0 Å². The number of carbonyl (C=O) groups is 1. The molecule has 0 saturated carbocycles.